The highest BCUT2D eigenvalue weighted by atomic mass is 16.7. The second-order valence-corrected chi connectivity index (χ2v) is 21.4. The van der Waals surface area contributed by atoms with Gasteiger partial charge in [-0.3, -0.25) is 4.79 Å². The molecule has 65 heavy (non-hydrogen) atoms. The highest BCUT2D eigenvalue weighted by molar-refractivity contribution is 5.66. The van der Waals surface area contributed by atoms with Crippen LogP contribution < -0.4 is 0 Å². The van der Waals surface area contributed by atoms with E-state index in [4.69, 9.17) is 37.9 Å². The van der Waals surface area contributed by atoms with Gasteiger partial charge in [0.1, 0.15) is 18.3 Å². The molecule has 6 fully saturated rings. The van der Waals surface area contributed by atoms with Gasteiger partial charge in [-0.05, 0) is 108 Å². The van der Waals surface area contributed by atoms with Crippen LogP contribution in [-0.2, 0) is 62.5 Å². The van der Waals surface area contributed by atoms with Crippen LogP contribution in [0.2, 0.25) is 0 Å². The monoisotopic (exact) mass is 889 g/mol. The minimum absolute atomic E-state index is 0.111. The fraction of sp³-hybridized carbons (Fsp3) is 0.625. The normalized spacial score (nSPS) is 40.9. The van der Waals surface area contributed by atoms with Crippen molar-refractivity contribution in [2.45, 2.75) is 161 Å². The van der Waals surface area contributed by atoms with E-state index in [-0.39, 0.29) is 29.3 Å². The predicted octanol–water partition coefficient (Wildman–Crippen LogP) is 10.8. The summed E-state index contributed by atoms with van der Waals surface area (Å²) in [7, 11) is 0. The lowest BCUT2D eigenvalue weighted by atomic mass is 9.47. The number of esters is 1. The molecule has 16 atom stereocenters. The molecular formula is C56H72O9. The van der Waals surface area contributed by atoms with Crippen LogP contribution in [0.4, 0.5) is 0 Å². The van der Waals surface area contributed by atoms with Gasteiger partial charge < -0.3 is 37.9 Å². The van der Waals surface area contributed by atoms with Crippen molar-refractivity contribution in [3.05, 3.63) is 119 Å². The molecule has 10 rings (SSSR count). The molecule has 0 bridgehead atoms. The van der Waals surface area contributed by atoms with Crippen molar-refractivity contribution in [1.82, 2.24) is 0 Å². The Hall–Kier alpha value is -3.41. The molecule has 3 aromatic carbocycles. The van der Waals surface area contributed by atoms with Crippen LogP contribution in [0, 0.1) is 46.3 Å². The first-order valence-electron chi connectivity index (χ1n) is 24.9. The van der Waals surface area contributed by atoms with Crippen molar-refractivity contribution in [2.24, 2.45) is 46.3 Å². The zero-order valence-corrected chi connectivity index (χ0v) is 39.3. The Morgan fingerprint density at radius 1 is 0.754 bits per heavy atom. The number of hydrogen-bond acceptors (Lipinski definition) is 9. The third-order valence-corrected chi connectivity index (χ3v) is 17.5. The van der Waals surface area contributed by atoms with E-state index in [1.54, 1.807) is 0 Å². The van der Waals surface area contributed by atoms with Crippen molar-refractivity contribution >= 4 is 5.97 Å². The summed E-state index contributed by atoms with van der Waals surface area (Å²) in [5.74, 6) is 2.75. The molecule has 9 heteroatoms. The Labute approximate surface area is 387 Å². The molecule has 0 amide bonds. The van der Waals surface area contributed by atoms with Crippen molar-refractivity contribution in [1.29, 1.82) is 0 Å². The van der Waals surface area contributed by atoms with Gasteiger partial charge in [-0.25, -0.2) is 0 Å². The average molecular weight is 889 g/mol. The average Bonchev–Trinajstić information content (AvgIpc) is 3.76. The number of carbonyl (C=O) groups excluding carboxylic acids is 1. The molecule has 0 radical (unpaired) electrons. The molecular weight excluding hydrogens is 817 g/mol. The van der Waals surface area contributed by atoms with E-state index in [1.165, 1.54) is 31.8 Å². The molecule has 3 aliphatic heterocycles. The smallest absolute Gasteiger partial charge is 0.303 e. The van der Waals surface area contributed by atoms with E-state index in [1.807, 2.05) is 78.9 Å². The van der Waals surface area contributed by atoms with Crippen molar-refractivity contribution < 1.29 is 42.7 Å². The molecule has 7 aliphatic rings. The molecule has 0 unspecified atom stereocenters. The number of benzene rings is 3. The summed E-state index contributed by atoms with van der Waals surface area (Å²) in [5.41, 5.74) is 5.01. The molecule has 3 saturated heterocycles. The molecule has 3 heterocycles. The fourth-order valence-electron chi connectivity index (χ4n) is 14.2. The largest absolute Gasteiger partial charge is 0.454 e. The van der Waals surface area contributed by atoms with Gasteiger partial charge in [-0.2, -0.15) is 0 Å². The van der Waals surface area contributed by atoms with Gasteiger partial charge in [-0.15, -0.1) is 0 Å². The number of carbonyl (C=O) groups is 1. The van der Waals surface area contributed by atoms with E-state index in [0.29, 0.717) is 61.4 Å². The first-order chi connectivity index (χ1) is 31.5. The fourth-order valence-corrected chi connectivity index (χ4v) is 14.2. The van der Waals surface area contributed by atoms with Gasteiger partial charge in [0.2, 0.25) is 0 Å². The highest BCUT2D eigenvalue weighted by Crippen LogP contribution is 2.70. The predicted molar refractivity (Wildman–Crippen MR) is 247 cm³/mol. The summed E-state index contributed by atoms with van der Waals surface area (Å²) >= 11 is 0. The van der Waals surface area contributed by atoms with E-state index in [9.17, 15) is 4.79 Å². The standard InChI is InChI=1S/C56H72O9/c1-36-23-28-56(61-31-36)37(2)49-47(65-56)30-46-44-22-21-42-29-43(24-26-54(42,4)45(44)25-27-55(46,49)5)63-53-52(62-38(3)57)51(60-34-41-19-13-8-14-20-41)50(59-33-40-17-11-7-12-18-40)48(64-53)35-58-32-39-15-9-6-10-16-39/h6-21,36-37,43-53H,22-35H2,1-5H3/t36-,37+,43+,44-,45+,46+,47+,48-,49+,50-,51+,52+,53+,54+,55+,56-/m1/s1. The van der Waals surface area contributed by atoms with Crippen molar-refractivity contribution in [3.63, 3.8) is 0 Å². The Morgan fingerprint density at radius 3 is 2.06 bits per heavy atom. The lowest BCUT2D eigenvalue weighted by Crippen LogP contribution is -2.62. The van der Waals surface area contributed by atoms with Crippen LogP contribution in [-0.4, -0.2) is 67.9 Å². The molecule has 9 nitrogen and oxygen atoms in total. The van der Waals surface area contributed by atoms with E-state index < -0.39 is 36.7 Å². The summed E-state index contributed by atoms with van der Waals surface area (Å²) < 4.78 is 53.9. The topological polar surface area (TPSA) is 90.9 Å². The molecule has 3 saturated carbocycles. The Kier molecular flexibility index (Phi) is 13.2. The molecule has 350 valence electrons. The maximum Gasteiger partial charge on any atom is 0.303 e. The number of ether oxygens (including phenoxy) is 8. The van der Waals surface area contributed by atoms with Crippen LogP contribution >= 0.6 is 0 Å². The van der Waals surface area contributed by atoms with E-state index in [2.05, 4.69) is 45.9 Å². The Bertz CT molecular complexity index is 2090. The second-order valence-electron chi connectivity index (χ2n) is 21.4. The molecule has 3 aromatic rings. The van der Waals surface area contributed by atoms with Gasteiger partial charge >= 0.3 is 5.97 Å². The lowest BCUT2D eigenvalue weighted by molar-refractivity contribution is -0.330. The first kappa shape index (κ1) is 45.4. The van der Waals surface area contributed by atoms with Crippen LogP contribution in [0.5, 0.6) is 0 Å². The van der Waals surface area contributed by atoms with Crippen molar-refractivity contribution in [2.75, 3.05) is 13.2 Å². The SMILES string of the molecule is CC(=O)O[C@@H]1[C@@H](O[C@H]2CC[C@@]3(C)C(=CC[C@H]4[C@@H]5C[C@@H]6O[C@]7(CC[C@@H](C)CO7)[C@@H](C)[C@@H]6[C@@]5(C)CC[C@@H]43)C2)O[C@H](COCc2ccccc2)[C@@H](OCc2ccccc2)[C@@H]1OCc1ccccc1. The molecule has 0 aromatic heterocycles. The lowest BCUT2D eigenvalue weighted by Gasteiger charge is -2.58. The quantitative estimate of drug-likeness (QED) is 0.123. The number of rotatable bonds is 13. The summed E-state index contributed by atoms with van der Waals surface area (Å²) in [6, 6.07) is 30.3. The Morgan fingerprint density at radius 2 is 1.42 bits per heavy atom. The summed E-state index contributed by atoms with van der Waals surface area (Å²) in [6.07, 6.45) is 8.92. The summed E-state index contributed by atoms with van der Waals surface area (Å²) in [5, 5.41) is 0. The van der Waals surface area contributed by atoms with E-state index >= 15 is 0 Å². The molecule has 0 N–H and O–H groups in total. The minimum Gasteiger partial charge on any atom is -0.454 e. The number of hydrogen-bond donors (Lipinski definition) is 0. The second kappa shape index (κ2) is 18.9. The van der Waals surface area contributed by atoms with Gasteiger partial charge in [0.15, 0.2) is 18.2 Å². The van der Waals surface area contributed by atoms with Gasteiger partial charge in [0.05, 0.1) is 45.2 Å². The van der Waals surface area contributed by atoms with Crippen LogP contribution in [0.1, 0.15) is 109 Å². The van der Waals surface area contributed by atoms with Gasteiger partial charge in [0, 0.05) is 19.3 Å². The van der Waals surface area contributed by atoms with Gasteiger partial charge in [-0.1, -0.05) is 130 Å². The third kappa shape index (κ3) is 8.93. The Balaban J connectivity index is 0.880. The molecule has 1 spiro atoms. The maximum atomic E-state index is 13.0. The number of allylic oxidation sites excluding steroid dienone is 1. The van der Waals surface area contributed by atoms with E-state index in [0.717, 1.165) is 61.8 Å². The number of fused-ring (bicyclic) bond motifs is 7. The summed E-state index contributed by atoms with van der Waals surface area (Å²) in [6.45, 7) is 13.5. The minimum atomic E-state index is -0.886. The zero-order chi connectivity index (χ0) is 44.8. The van der Waals surface area contributed by atoms with Crippen LogP contribution in [0.15, 0.2) is 103 Å². The van der Waals surface area contributed by atoms with Crippen LogP contribution in [0.25, 0.3) is 0 Å². The third-order valence-electron chi connectivity index (χ3n) is 17.5. The highest BCUT2D eigenvalue weighted by Gasteiger charge is 2.68. The van der Waals surface area contributed by atoms with Gasteiger partial charge in [0.25, 0.3) is 0 Å². The zero-order valence-electron chi connectivity index (χ0n) is 39.3. The van der Waals surface area contributed by atoms with Crippen molar-refractivity contribution in [3.8, 4) is 0 Å². The van der Waals surface area contributed by atoms with Crippen LogP contribution in [0.3, 0.4) is 0 Å². The molecule has 4 aliphatic carbocycles. The maximum absolute atomic E-state index is 13.0. The first-order valence-corrected chi connectivity index (χ1v) is 24.9. The summed E-state index contributed by atoms with van der Waals surface area (Å²) in [4.78, 5) is 13.0.